The van der Waals surface area contributed by atoms with Gasteiger partial charge in [0.05, 0.1) is 6.04 Å². The van der Waals surface area contributed by atoms with Crippen molar-refractivity contribution in [1.29, 1.82) is 0 Å². The van der Waals surface area contributed by atoms with Crippen LogP contribution in [-0.2, 0) is 4.79 Å². The summed E-state index contributed by atoms with van der Waals surface area (Å²) < 4.78 is 5.80. The first kappa shape index (κ1) is 12.7. The van der Waals surface area contributed by atoms with E-state index in [1.54, 1.807) is 6.92 Å². The van der Waals surface area contributed by atoms with Crippen LogP contribution in [0.3, 0.4) is 0 Å². The zero-order valence-corrected chi connectivity index (χ0v) is 11.3. The topological polar surface area (TPSA) is 53.7 Å². The summed E-state index contributed by atoms with van der Waals surface area (Å²) in [5.74, 6) is -0.387. The average molecular weight is 269 g/mol. The number of para-hydroxylation sites is 1. The van der Waals surface area contributed by atoms with Crippen LogP contribution in [0.25, 0.3) is 21.9 Å². The molecule has 0 radical (unpaired) electrons. The lowest BCUT2D eigenvalue weighted by molar-refractivity contribution is -0.172. The van der Waals surface area contributed by atoms with E-state index in [9.17, 15) is 10.0 Å². The molecule has 20 heavy (non-hydrogen) atoms. The summed E-state index contributed by atoms with van der Waals surface area (Å²) in [5.41, 5.74) is 2.42. The largest absolute Gasteiger partial charge is 0.456 e. The van der Waals surface area contributed by atoms with Crippen molar-refractivity contribution in [1.82, 2.24) is 5.06 Å². The van der Waals surface area contributed by atoms with Gasteiger partial charge in [0.1, 0.15) is 11.2 Å². The molecule has 1 heterocycles. The van der Waals surface area contributed by atoms with Gasteiger partial charge in [0.2, 0.25) is 5.91 Å². The first-order valence-corrected chi connectivity index (χ1v) is 6.48. The Bertz CT molecular complexity index is 791. The van der Waals surface area contributed by atoms with Gasteiger partial charge in [-0.15, -0.1) is 0 Å². The smallest absolute Gasteiger partial charge is 0.243 e. The summed E-state index contributed by atoms with van der Waals surface area (Å²) in [6, 6.07) is 13.2. The fraction of sp³-hybridized carbons (Fsp3) is 0.188. The molecule has 0 aliphatic carbocycles. The van der Waals surface area contributed by atoms with E-state index >= 15 is 0 Å². The maximum Gasteiger partial charge on any atom is 0.243 e. The van der Waals surface area contributed by atoms with Gasteiger partial charge < -0.3 is 4.42 Å². The molecule has 3 aromatic rings. The van der Waals surface area contributed by atoms with Crippen LogP contribution < -0.4 is 0 Å². The summed E-state index contributed by atoms with van der Waals surface area (Å²) in [6.07, 6.45) is 0. The van der Waals surface area contributed by atoms with Gasteiger partial charge in [0, 0.05) is 17.7 Å². The number of carbonyl (C=O) groups excluding carboxylic acids is 1. The molecule has 1 unspecified atom stereocenters. The molecule has 0 saturated carbocycles. The van der Waals surface area contributed by atoms with E-state index in [0.717, 1.165) is 32.6 Å². The number of furan rings is 1. The molecule has 0 spiro atoms. The number of hydroxylamine groups is 2. The summed E-state index contributed by atoms with van der Waals surface area (Å²) in [7, 11) is 0. The number of benzene rings is 2. The van der Waals surface area contributed by atoms with Crippen molar-refractivity contribution >= 4 is 27.8 Å². The Kier molecular flexibility index (Phi) is 2.95. The van der Waals surface area contributed by atoms with Gasteiger partial charge >= 0.3 is 0 Å². The first-order valence-electron chi connectivity index (χ1n) is 6.48. The second-order valence-corrected chi connectivity index (χ2v) is 4.89. The first-order chi connectivity index (χ1) is 9.58. The number of rotatable bonds is 2. The van der Waals surface area contributed by atoms with Gasteiger partial charge in [-0.2, -0.15) is 0 Å². The Morgan fingerprint density at radius 1 is 1.15 bits per heavy atom. The third kappa shape index (κ3) is 1.94. The Balaban J connectivity index is 2.11. The van der Waals surface area contributed by atoms with Crippen molar-refractivity contribution in [2.24, 2.45) is 0 Å². The fourth-order valence-corrected chi connectivity index (χ4v) is 2.42. The predicted octanol–water partition coefficient (Wildman–Crippen LogP) is 3.88. The minimum absolute atomic E-state index is 0.387. The van der Waals surface area contributed by atoms with Crippen LogP contribution in [0, 0.1) is 0 Å². The maximum absolute atomic E-state index is 11.2. The lowest BCUT2D eigenvalue weighted by Gasteiger charge is -2.21. The Hall–Kier alpha value is -2.33. The molecule has 4 heteroatoms. The lowest BCUT2D eigenvalue weighted by atomic mass is 10.1. The standard InChI is InChI=1S/C16H15NO3/c1-10(17(19)11(2)18)12-7-8-14-13-5-3-4-6-15(13)20-16(14)9-12/h3-10,19H,1-2H3. The minimum Gasteiger partial charge on any atom is -0.456 e. The predicted molar refractivity (Wildman–Crippen MR) is 76.4 cm³/mol. The third-order valence-corrected chi connectivity index (χ3v) is 3.57. The van der Waals surface area contributed by atoms with Gasteiger partial charge in [0.15, 0.2) is 0 Å². The number of fused-ring (bicyclic) bond motifs is 3. The van der Waals surface area contributed by atoms with Crippen LogP contribution in [0.1, 0.15) is 25.5 Å². The second kappa shape index (κ2) is 4.65. The molecular formula is C16H15NO3. The molecule has 0 bridgehead atoms. The minimum atomic E-state index is -0.412. The molecule has 3 rings (SSSR count). The van der Waals surface area contributed by atoms with E-state index in [0.29, 0.717) is 0 Å². The number of amides is 1. The summed E-state index contributed by atoms with van der Waals surface area (Å²) >= 11 is 0. The molecule has 4 nitrogen and oxygen atoms in total. The zero-order valence-electron chi connectivity index (χ0n) is 11.3. The molecule has 0 aliphatic heterocycles. The Labute approximate surface area is 116 Å². The van der Waals surface area contributed by atoms with Gasteiger partial charge in [-0.25, -0.2) is 5.06 Å². The number of hydrogen-bond donors (Lipinski definition) is 1. The molecule has 1 aromatic heterocycles. The van der Waals surface area contributed by atoms with E-state index in [1.807, 2.05) is 42.5 Å². The molecule has 0 fully saturated rings. The third-order valence-electron chi connectivity index (χ3n) is 3.57. The van der Waals surface area contributed by atoms with E-state index in [2.05, 4.69) is 0 Å². The van der Waals surface area contributed by atoms with Gasteiger partial charge in [0.25, 0.3) is 0 Å². The highest BCUT2D eigenvalue weighted by Gasteiger charge is 2.17. The van der Waals surface area contributed by atoms with Crippen molar-refractivity contribution < 1.29 is 14.4 Å². The van der Waals surface area contributed by atoms with E-state index in [-0.39, 0.29) is 5.91 Å². The van der Waals surface area contributed by atoms with Crippen LogP contribution in [0.4, 0.5) is 0 Å². The van der Waals surface area contributed by atoms with E-state index < -0.39 is 6.04 Å². The molecule has 102 valence electrons. The Morgan fingerprint density at radius 2 is 1.85 bits per heavy atom. The monoisotopic (exact) mass is 269 g/mol. The van der Waals surface area contributed by atoms with Crippen molar-refractivity contribution in [3.05, 3.63) is 48.0 Å². The van der Waals surface area contributed by atoms with Crippen LogP contribution >= 0.6 is 0 Å². The van der Waals surface area contributed by atoms with Crippen molar-refractivity contribution in [2.45, 2.75) is 19.9 Å². The van der Waals surface area contributed by atoms with Crippen LogP contribution in [0.15, 0.2) is 46.9 Å². The quantitative estimate of drug-likeness (QED) is 0.567. The van der Waals surface area contributed by atoms with Gasteiger partial charge in [-0.3, -0.25) is 10.0 Å². The number of carbonyl (C=O) groups is 1. The van der Waals surface area contributed by atoms with Crippen molar-refractivity contribution in [3.63, 3.8) is 0 Å². The molecule has 0 aliphatic rings. The molecule has 2 aromatic carbocycles. The zero-order chi connectivity index (χ0) is 14.3. The molecule has 1 atom stereocenters. The average Bonchev–Trinajstić information content (AvgIpc) is 2.83. The Morgan fingerprint density at radius 3 is 2.60 bits per heavy atom. The van der Waals surface area contributed by atoms with Gasteiger partial charge in [-0.05, 0) is 24.6 Å². The highest BCUT2D eigenvalue weighted by molar-refractivity contribution is 6.04. The normalized spacial score (nSPS) is 12.8. The van der Waals surface area contributed by atoms with Crippen LogP contribution in [-0.4, -0.2) is 16.2 Å². The lowest BCUT2D eigenvalue weighted by Crippen LogP contribution is -2.27. The van der Waals surface area contributed by atoms with Crippen molar-refractivity contribution in [2.75, 3.05) is 0 Å². The second-order valence-electron chi connectivity index (χ2n) is 4.89. The maximum atomic E-state index is 11.2. The summed E-state index contributed by atoms with van der Waals surface area (Å²) in [4.78, 5) is 11.2. The molecule has 1 N–H and O–H groups in total. The highest BCUT2D eigenvalue weighted by atomic mass is 16.5. The fourth-order valence-electron chi connectivity index (χ4n) is 2.42. The van der Waals surface area contributed by atoms with Crippen LogP contribution in [0.2, 0.25) is 0 Å². The molecule has 1 amide bonds. The van der Waals surface area contributed by atoms with Crippen LogP contribution in [0.5, 0.6) is 0 Å². The van der Waals surface area contributed by atoms with Crippen molar-refractivity contribution in [3.8, 4) is 0 Å². The summed E-state index contributed by atoms with van der Waals surface area (Å²) in [5, 5.41) is 12.5. The SMILES string of the molecule is CC(=O)N(O)C(C)c1ccc2c(c1)oc1ccccc12. The number of nitrogens with zero attached hydrogens (tertiary/aromatic N) is 1. The molecular weight excluding hydrogens is 254 g/mol. The highest BCUT2D eigenvalue weighted by Crippen LogP contribution is 2.31. The molecule has 0 saturated heterocycles. The number of hydrogen-bond acceptors (Lipinski definition) is 3. The summed E-state index contributed by atoms with van der Waals surface area (Å²) in [6.45, 7) is 3.10. The van der Waals surface area contributed by atoms with Gasteiger partial charge in [-0.1, -0.05) is 30.3 Å². The van der Waals surface area contributed by atoms with E-state index in [4.69, 9.17) is 4.42 Å². The van der Waals surface area contributed by atoms with E-state index in [1.165, 1.54) is 6.92 Å².